The molecule has 120 valence electrons. The summed E-state index contributed by atoms with van der Waals surface area (Å²) < 4.78 is 0. The number of halogens is 1. The molecule has 0 unspecified atom stereocenters. The first kappa shape index (κ1) is 16.0. The van der Waals surface area contributed by atoms with Crippen molar-refractivity contribution in [2.45, 2.75) is 13.5 Å². The van der Waals surface area contributed by atoms with Crippen molar-refractivity contribution in [1.82, 2.24) is 5.01 Å². The van der Waals surface area contributed by atoms with Crippen LogP contribution >= 0.6 is 11.6 Å². The molecular weight excluding hydrogens is 306 g/mol. The van der Waals surface area contributed by atoms with Gasteiger partial charge < -0.3 is 4.90 Å². The summed E-state index contributed by atoms with van der Waals surface area (Å²) in [5, 5.41) is 7.49. The van der Waals surface area contributed by atoms with Gasteiger partial charge in [-0.15, -0.1) is 0 Å². The third-order valence-electron chi connectivity index (χ3n) is 4.24. The molecule has 1 N–H and O–H groups in total. The van der Waals surface area contributed by atoms with Crippen LogP contribution in [0.1, 0.15) is 16.7 Å². The summed E-state index contributed by atoms with van der Waals surface area (Å²) in [7, 11) is 0. The van der Waals surface area contributed by atoms with Gasteiger partial charge in [0.1, 0.15) is 6.54 Å². The van der Waals surface area contributed by atoms with Crippen molar-refractivity contribution in [2.75, 3.05) is 26.2 Å². The molecule has 0 atom stereocenters. The minimum atomic E-state index is 0.751. The Morgan fingerprint density at radius 1 is 1.13 bits per heavy atom. The van der Waals surface area contributed by atoms with E-state index in [1.807, 2.05) is 30.5 Å². The highest BCUT2D eigenvalue weighted by atomic mass is 35.5. The van der Waals surface area contributed by atoms with E-state index in [2.05, 4.69) is 41.3 Å². The SMILES string of the molecule is Cc1ccc(C[NH+]2CCN(/N=C\c3cccc(Cl)c3)CC2)cc1. The van der Waals surface area contributed by atoms with Gasteiger partial charge in [0.05, 0.1) is 32.4 Å². The first-order valence-corrected chi connectivity index (χ1v) is 8.50. The predicted molar refractivity (Wildman–Crippen MR) is 96.2 cm³/mol. The third-order valence-corrected chi connectivity index (χ3v) is 4.48. The molecule has 1 saturated heterocycles. The van der Waals surface area contributed by atoms with Gasteiger partial charge in [-0.05, 0) is 24.6 Å². The molecule has 23 heavy (non-hydrogen) atoms. The Kier molecular flexibility index (Phi) is 5.31. The van der Waals surface area contributed by atoms with Gasteiger partial charge in [0.2, 0.25) is 0 Å². The van der Waals surface area contributed by atoms with E-state index < -0.39 is 0 Å². The molecule has 2 aromatic carbocycles. The molecule has 0 radical (unpaired) electrons. The van der Waals surface area contributed by atoms with E-state index in [-0.39, 0.29) is 0 Å². The van der Waals surface area contributed by atoms with Crippen molar-refractivity contribution in [2.24, 2.45) is 5.10 Å². The summed E-state index contributed by atoms with van der Waals surface area (Å²) in [6.45, 7) is 7.48. The highest BCUT2D eigenvalue weighted by Crippen LogP contribution is 2.09. The smallest absolute Gasteiger partial charge is 0.103 e. The lowest BCUT2D eigenvalue weighted by molar-refractivity contribution is -0.918. The van der Waals surface area contributed by atoms with Crippen molar-refractivity contribution in [3.05, 3.63) is 70.2 Å². The molecule has 3 rings (SSSR count). The monoisotopic (exact) mass is 328 g/mol. The second-order valence-corrected chi connectivity index (χ2v) is 6.60. The molecule has 1 aliphatic rings. The molecule has 0 aliphatic carbocycles. The lowest BCUT2D eigenvalue weighted by atomic mass is 10.1. The number of quaternary nitrogens is 1. The van der Waals surface area contributed by atoms with Crippen molar-refractivity contribution < 1.29 is 4.90 Å². The van der Waals surface area contributed by atoms with Crippen LogP contribution in [0.25, 0.3) is 0 Å². The molecule has 3 nitrogen and oxygen atoms in total. The molecule has 0 aromatic heterocycles. The Labute approximate surface area is 143 Å². The van der Waals surface area contributed by atoms with Gasteiger partial charge in [0.25, 0.3) is 0 Å². The van der Waals surface area contributed by atoms with Gasteiger partial charge in [0.15, 0.2) is 0 Å². The van der Waals surface area contributed by atoms with Gasteiger partial charge in [-0.25, -0.2) is 0 Å². The van der Waals surface area contributed by atoms with Crippen molar-refractivity contribution >= 4 is 17.8 Å². The van der Waals surface area contributed by atoms with Crippen LogP contribution in [0.5, 0.6) is 0 Å². The summed E-state index contributed by atoms with van der Waals surface area (Å²) >= 11 is 5.99. The Bertz CT molecular complexity index is 659. The molecule has 0 bridgehead atoms. The van der Waals surface area contributed by atoms with Crippen LogP contribution < -0.4 is 4.90 Å². The fourth-order valence-corrected chi connectivity index (χ4v) is 3.03. The minimum absolute atomic E-state index is 0.751. The van der Waals surface area contributed by atoms with E-state index in [9.17, 15) is 0 Å². The quantitative estimate of drug-likeness (QED) is 0.854. The second-order valence-electron chi connectivity index (χ2n) is 6.17. The van der Waals surface area contributed by atoms with Crippen molar-refractivity contribution in [1.29, 1.82) is 0 Å². The Morgan fingerprint density at radius 2 is 1.87 bits per heavy atom. The van der Waals surface area contributed by atoms with E-state index in [1.54, 1.807) is 4.90 Å². The maximum Gasteiger partial charge on any atom is 0.103 e. The number of hydrogen-bond acceptors (Lipinski definition) is 2. The molecule has 1 aliphatic heterocycles. The summed E-state index contributed by atoms with van der Waals surface area (Å²) in [5.41, 5.74) is 3.79. The number of hydrazone groups is 1. The maximum absolute atomic E-state index is 5.99. The summed E-state index contributed by atoms with van der Waals surface area (Å²) in [6, 6.07) is 16.7. The van der Waals surface area contributed by atoms with Crippen LogP contribution in [0.3, 0.4) is 0 Å². The lowest BCUT2D eigenvalue weighted by Crippen LogP contribution is -3.13. The van der Waals surface area contributed by atoms with Crippen LogP contribution in [-0.2, 0) is 6.54 Å². The highest BCUT2D eigenvalue weighted by molar-refractivity contribution is 6.30. The number of nitrogens with one attached hydrogen (secondary N) is 1. The summed E-state index contributed by atoms with van der Waals surface area (Å²) in [6.07, 6.45) is 1.90. The summed E-state index contributed by atoms with van der Waals surface area (Å²) in [4.78, 5) is 1.63. The van der Waals surface area contributed by atoms with Gasteiger partial charge in [-0.1, -0.05) is 53.6 Å². The van der Waals surface area contributed by atoms with Crippen LogP contribution in [0, 0.1) is 6.92 Å². The third kappa shape index (κ3) is 4.81. The second kappa shape index (κ2) is 7.62. The van der Waals surface area contributed by atoms with Crippen LogP contribution in [0.4, 0.5) is 0 Å². The van der Waals surface area contributed by atoms with E-state index in [0.29, 0.717) is 0 Å². The molecule has 0 saturated carbocycles. The standard InChI is InChI=1S/C19H22ClN3/c1-16-5-7-17(8-6-16)15-22-9-11-23(12-10-22)21-14-18-3-2-4-19(20)13-18/h2-8,13-14H,9-12,15H2,1H3/p+1/b21-14-. The fourth-order valence-electron chi connectivity index (χ4n) is 2.83. The number of benzene rings is 2. The molecule has 1 fully saturated rings. The van der Waals surface area contributed by atoms with E-state index >= 15 is 0 Å². The first-order valence-electron chi connectivity index (χ1n) is 8.13. The number of nitrogens with zero attached hydrogens (tertiary/aromatic N) is 2. The number of piperazine rings is 1. The lowest BCUT2D eigenvalue weighted by Gasteiger charge is -2.30. The van der Waals surface area contributed by atoms with E-state index in [4.69, 9.17) is 11.6 Å². The minimum Gasteiger partial charge on any atom is -0.328 e. The topological polar surface area (TPSA) is 20.0 Å². The fraction of sp³-hybridized carbons (Fsp3) is 0.316. The Morgan fingerprint density at radius 3 is 2.57 bits per heavy atom. The van der Waals surface area contributed by atoms with Crippen LogP contribution in [0.2, 0.25) is 5.02 Å². The first-order chi connectivity index (χ1) is 11.2. The highest BCUT2D eigenvalue weighted by Gasteiger charge is 2.18. The van der Waals surface area contributed by atoms with Crippen molar-refractivity contribution in [3.63, 3.8) is 0 Å². The molecule has 0 spiro atoms. The zero-order chi connectivity index (χ0) is 16.1. The predicted octanol–water partition coefficient (Wildman–Crippen LogP) is 2.38. The molecule has 2 aromatic rings. The van der Waals surface area contributed by atoms with Crippen LogP contribution in [-0.4, -0.2) is 37.4 Å². The van der Waals surface area contributed by atoms with Gasteiger partial charge in [0, 0.05) is 10.6 Å². The largest absolute Gasteiger partial charge is 0.328 e. The Balaban J connectivity index is 1.49. The number of rotatable bonds is 4. The van der Waals surface area contributed by atoms with Crippen molar-refractivity contribution in [3.8, 4) is 0 Å². The summed E-state index contributed by atoms with van der Waals surface area (Å²) in [5.74, 6) is 0. The number of aryl methyl sites for hydroxylation is 1. The number of hydrogen-bond donors (Lipinski definition) is 1. The average molecular weight is 329 g/mol. The Hall–Kier alpha value is -1.84. The molecule has 0 amide bonds. The zero-order valence-electron chi connectivity index (χ0n) is 13.5. The maximum atomic E-state index is 5.99. The van der Waals surface area contributed by atoms with Gasteiger partial charge in [-0.2, -0.15) is 5.10 Å². The molecular formula is C19H23ClN3+. The van der Waals surface area contributed by atoms with E-state index in [1.165, 1.54) is 11.1 Å². The normalized spacial score (nSPS) is 16.2. The van der Waals surface area contributed by atoms with E-state index in [0.717, 1.165) is 43.3 Å². The van der Waals surface area contributed by atoms with Crippen LogP contribution in [0.15, 0.2) is 53.6 Å². The molecule has 1 heterocycles. The molecule has 4 heteroatoms. The zero-order valence-corrected chi connectivity index (χ0v) is 14.3. The van der Waals surface area contributed by atoms with Gasteiger partial charge in [-0.3, -0.25) is 5.01 Å². The van der Waals surface area contributed by atoms with Gasteiger partial charge >= 0.3 is 0 Å². The average Bonchev–Trinajstić information content (AvgIpc) is 2.56.